The largest absolute Gasteiger partial charge is 0.326 e. The van der Waals surface area contributed by atoms with Gasteiger partial charge in [-0.05, 0) is 19.1 Å². The zero-order valence-corrected chi connectivity index (χ0v) is 9.87. The molecule has 0 saturated heterocycles. The summed E-state index contributed by atoms with van der Waals surface area (Å²) in [6.07, 6.45) is 5.12. The van der Waals surface area contributed by atoms with Gasteiger partial charge in [0.2, 0.25) is 0 Å². The van der Waals surface area contributed by atoms with Crippen molar-refractivity contribution < 1.29 is 0 Å². The first-order valence-corrected chi connectivity index (χ1v) is 5.62. The molecule has 3 nitrogen and oxygen atoms in total. The van der Waals surface area contributed by atoms with Gasteiger partial charge in [0.05, 0.1) is 0 Å². The fourth-order valence-electron chi connectivity index (χ4n) is 1.77. The molecule has 0 aliphatic carbocycles. The van der Waals surface area contributed by atoms with E-state index in [2.05, 4.69) is 40.5 Å². The Labute approximate surface area is 101 Å². The summed E-state index contributed by atoms with van der Waals surface area (Å²) in [6, 6.07) is 10.2. The van der Waals surface area contributed by atoms with Gasteiger partial charge in [0.15, 0.2) is 0 Å². The van der Waals surface area contributed by atoms with E-state index in [1.54, 1.807) is 18.6 Å². The first kappa shape index (κ1) is 11.3. The van der Waals surface area contributed by atoms with E-state index in [1.807, 2.05) is 18.2 Å². The Hall–Kier alpha value is -2.16. The van der Waals surface area contributed by atoms with Crippen LogP contribution in [0.25, 0.3) is 6.08 Å². The molecule has 2 rings (SSSR count). The molecule has 0 fully saturated rings. The number of rotatable bonds is 4. The van der Waals surface area contributed by atoms with Gasteiger partial charge in [0.25, 0.3) is 0 Å². The highest BCUT2D eigenvalue weighted by Crippen LogP contribution is 2.25. The van der Waals surface area contributed by atoms with Crippen molar-refractivity contribution in [2.24, 2.45) is 0 Å². The maximum Gasteiger partial charge on any atom is 0.143 e. The Bertz CT molecular complexity index is 494. The quantitative estimate of drug-likeness (QED) is 0.799. The van der Waals surface area contributed by atoms with Gasteiger partial charge in [-0.25, -0.2) is 9.97 Å². The van der Waals surface area contributed by atoms with E-state index >= 15 is 0 Å². The summed E-state index contributed by atoms with van der Waals surface area (Å²) >= 11 is 0. The standard InChI is InChI=1S/C14H15N3/c1-3-12-10-15-11-16-14(12)17(4-2)13-8-6-5-7-9-13/h3,5-11H,1,4H2,2H3. The van der Waals surface area contributed by atoms with E-state index < -0.39 is 0 Å². The number of anilines is 2. The maximum absolute atomic E-state index is 4.34. The van der Waals surface area contributed by atoms with Gasteiger partial charge in [-0.15, -0.1) is 0 Å². The lowest BCUT2D eigenvalue weighted by Crippen LogP contribution is -2.18. The van der Waals surface area contributed by atoms with Crippen molar-refractivity contribution in [2.75, 3.05) is 11.4 Å². The number of hydrogen-bond acceptors (Lipinski definition) is 3. The molecule has 0 saturated carbocycles. The molecule has 86 valence electrons. The topological polar surface area (TPSA) is 29.0 Å². The molecule has 0 aliphatic rings. The summed E-state index contributed by atoms with van der Waals surface area (Å²) in [6.45, 7) is 6.74. The van der Waals surface area contributed by atoms with Gasteiger partial charge in [0, 0.05) is 24.0 Å². The van der Waals surface area contributed by atoms with Crippen LogP contribution in [-0.4, -0.2) is 16.5 Å². The number of aromatic nitrogens is 2. The SMILES string of the molecule is C=Cc1cncnc1N(CC)c1ccccc1. The van der Waals surface area contributed by atoms with Crippen molar-refractivity contribution in [3.8, 4) is 0 Å². The molecule has 0 aliphatic heterocycles. The second-order valence-electron chi connectivity index (χ2n) is 3.59. The van der Waals surface area contributed by atoms with Crippen LogP contribution in [0.2, 0.25) is 0 Å². The van der Waals surface area contributed by atoms with Crippen LogP contribution < -0.4 is 4.90 Å². The Morgan fingerprint density at radius 1 is 1.29 bits per heavy atom. The third kappa shape index (κ3) is 2.33. The lowest BCUT2D eigenvalue weighted by Gasteiger charge is -2.23. The van der Waals surface area contributed by atoms with Crippen LogP contribution in [0.4, 0.5) is 11.5 Å². The highest BCUT2D eigenvalue weighted by Gasteiger charge is 2.11. The summed E-state index contributed by atoms with van der Waals surface area (Å²) in [7, 11) is 0. The van der Waals surface area contributed by atoms with E-state index in [4.69, 9.17) is 0 Å². The van der Waals surface area contributed by atoms with E-state index in [1.165, 1.54) is 0 Å². The van der Waals surface area contributed by atoms with Crippen LogP contribution in [0.5, 0.6) is 0 Å². The molecular weight excluding hydrogens is 210 g/mol. The number of benzene rings is 1. The van der Waals surface area contributed by atoms with Crippen LogP contribution in [0.15, 0.2) is 49.4 Å². The Morgan fingerprint density at radius 3 is 2.71 bits per heavy atom. The highest BCUT2D eigenvalue weighted by atomic mass is 15.2. The van der Waals surface area contributed by atoms with Gasteiger partial charge >= 0.3 is 0 Å². The zero-order valence-electron chi connectivity index (χ0n) is 9.87. The molecule has 1 heterocycles. The smallest absolute Gasteiger partial charge is 0.143 e. The van der Waals surface area contributed by atoms with Crippen LogP contribution in [0.1, 0.15) is 12.5 Å². The third-order valence-electron chi connectivity index (χ3n) is 2.58. The van der Waals surface area contributed by atoms with Gasteiger partial charge in [-0.1, -0.05) is 30.9 Å². The summed E-state index contributed by atoms with van der Waals surface area (Å²) in [5, 5.41) is 0. The van der Waals surface area contributed by atoms with E-state index in [-0.39, 0.29) is 0 Å². The minimum absolute atomic E-state index is 0.849. The molecule has 1 aromatic carbocycles. The van der Waals surface area contributed by atoms with E-state index in [9.17, 15) is 0 Å². The maximum atomic E-state index is 4.34. The Morgan fingerprint density at radius 2 is 2.06 bits per heavy atom. The molecule has 0 atom stereocenters. The van der Waals surface area contributed by atoms with Crippen LogP contribution >= 0.6 is 0 Å². The lowest BCUT2D eigenvalue weighted by atomic mass is 10.2. The van der Waals surface area contributed by atoms with E-state index in [0.29, 0.717) is 0 Å². The molecule has 0 radical (unpaired) electrons. The molecule has 0 spiro atoms. The molecule has 0 amide bonds. The minimum atomic E-state index is 0.849. The van der Waals surface area contributed by atoms with Crippen LogP contribution in [0, 0.1) is 0 Å². The second-order valence-corrected chi connectivity index (χ2v) is 3.59. The van der Waals surface area contributed by atoms with Gasteiger partial charge in [-0.2, -0.15) is 0 Å². The van der Waals surface area contributed by atoms with Crippen LogP contribution in [-0.2, 0) is 0 Å². The summed E-state index contributed by atoms with van der Waals surface area (Å²) in [4.78, 5) is 10.5. The number of nitrogens with zero attached hydrogens (tertiary/aromatic N) is 3. The minimum Gasteiger partial charge on any atom is -0.326 e. The van der Waals surface area contributed by atoms with Gasteiger partial charge < -0.3 is 4.90 Å². The molecule has 0 unspecified atom stereocenters. The van der Waals surface area contributed by atoms with Crippen molar-refractivity contribution in [3.63, 3.8) is 0 Å². The zero-order chi connectivity index (χ0) is 12.1. The predicted octanol–water partition coefficient (Wildman–Crippen LogP) is 3.28. The average Bonchev–Trinajstić information content (AvgIpc) is 2.41. The lowest BCUT2D eigenvalue weighted by molar-refractivity contribution is 0.972. The van der Waals surface area contributed by atoms with E-state index in [0.717, 1.165) is 23.6 Å². The Kier molecular flexibility index (Phi) is 3.50. The molecule has 2 aromatic rings. The number of para-hydroxylation sites is 1. The average molecular weight is 225 g/mol. The van der Waals surface area contributed by atoms with Gasteiger partial charge in [-0.3, -0.25) is 0 Å². The molecule has 17 heavy (non-hydrogen) atoms. The fourth-order valence-corrected chi connectivity index (χ4v) is 1.77. The van der Waals surface area contributed by atoms with Crippen molar-refractivity contribution in [2.45, 2.75) is 6.92 Å². The van der Waals surface area contributed by atoms with Gasteiger partial charge in [0.1, 0.15) is 12.1 Å². The molecule has 3 heteroatoms. The molecule has 1 aromatic heterocycles. The predicted molar refractivity (Wildman–Crippen MR) is 71.2 cm³/mol. The molecule has 0 bridgehead atoms. The number of hydrogen-bond donors (Lipinski definition) is 0. The van der Waals surface area contributed by atoms with Crippen molar-refractivity contribution >= 4 is 17.6 Å². The normalized spacial score (nSPS) is 9.94. The summed E-state index contributed by atoms with van der Waals surface area (Å²) < 4.78 is 0. The second kappa shape index (κ2) is 5.25. The molecule has 0 N–H and O–H groups in total. The third-order valence-corrected chi connectivity index (χ3v) is 2.58. The fraction of sp³-hybridized carbons (Fsp3) is 0.143. The summed E-state index contributed by atoms with van der Waals surface area (Å²) in [5.74, 6) is 0.892. The summed E-state index contributed by atoms with van der Waals surface area (Å²) in [5.41, 5.74) is 2.06. The molecular formula is C14H15N3. The Balaban J connectivity index is 2.46. The van der Waals surface area contributed by atoms with Crippen molar-refractivity contribution in [1.82, 2.24) is 9.97 Å². The monoisotopic (exact) mass is 225 g/mol. The first-order chi connectivity index (χ1) is 8.36. The van der Waals surface area contributed by atoms with Crippen molar-refractivity contribution in [1.29, 1.82) is 0 Å². The highest BCUT2D eigenvalue weighted by molar-refractivity contribution is 5.69. The van der Waals surface area contributed by atoms with Crippen LogP contribution in [0.3, 0.4) is 0 Å². The first-order valence-electron chi connectivity index (χ1n) is 5.62. The van der Waals surface area contributed by atoms with Crippen molar-refractivity contribution in [3.05, 3.63) is 55.0 Å².